The minimum Gasteiger partial charge on any atom is -0.493 e. The standard InChI is InChI=1S/C22H24N2O4S/c1-4-27-18-10-8-15(14-5-6-14)12-21(18)29(26)23-22(25)20-11-16-7-9-17(24(2)3)13-19(16)28-20/h7-14H,4-6H2,1-3H3,(H,23,25). The predicted octanol–water partition coefficient (Wildman–Crippen LogP) is 4.23. The van der Waals surface area contributed by atoms with Gasteiger partial charge in [0.05, 0.1) is 6.61 Å². The number of hydrogen-bond donors (Lipinski definition) is 1. The Morgan fingerprint density at radius 2 is 2.00 bits per heavy atom. The molecule has 7 heteroatoms. The first-order chi connectivity index (χ1) is 14.0. The van der Waals surface area contributed by atoms with Crippen LogP contribution in [0.15, 0.2) is 51.8 Å². The number of carbonyl (C=O) groups excluding carboxylic acids is 1. The van der Waals surface area contributed by atoms with Crippen LogP contribution in [-0.2, 0) is 11.0 Å². The van der Waals surface area contributed by atoms with Gasteiger partial charge in [-0.2, -0.15) is 0 Å². The van der Waals surface area contributed by atoms with Crippen molar-refractivity contribution in [2.45, 2.75) is 30.6 Å². The molecule has 1 heterocycles. The van der Waals surface area contributed by atoms with Gasteiger partial charge in [0.15, 0.2) is 16.7 Å². The highest BCUT2D eigenvalue weighted by atomic mass is 32.2. The first-order valence-electron chi connectivity index (χ1n) is 9.66. The van der Waals surface area contributed by atoms with Crippen LogP contribution in [0.4, 0.5) is 5.69 Å². The lowest BCUT2D eigenvalue weighted by molar-refractivity contribution is 0.0958. The highest BCUT2D eigenvalue weighted by Gasteiger charge is 2.26. The molecule has 1 aliphatic rings. The van der Waals surface area contributed by atoms with E-state index in [4.69, 9.17) is 9.15 Å². The van der Waals surface area contributed by atoms with Crippen LogP contribution in [-0.4, -0.2) is 30.8 Å². The number of furan rings is 1. The van der Waals surface area contributed by atoms with E-state index in [9.17, 15) is 9.00 Å². The average molecular weight is 413 g/mol. The molecule has 0 bridgehead atoms. The van der Waals surface area contributed by atoms with Crippen molar-refractivity contribution in [3.05, 3.63) is 53.8 Å². The van der Waals surface area contributed by atoms with Crippen molar-refractivity contribution < 1.29 is 18.2 Å². The van der Waals surface area contributed by atoms with E-state index in [1.54, 1.807) is 6.07 Å². The van der Waals surface area contributed by atoms with Crippen LogP contribution < -0.4 is 14.4 Å². The Kier molecular flexibility index (Phi) is 5.32. The largest absolute Gasteiger partial charge is 0.493 e. The fraction of sp³-hybridized carbons (Fsp3) is 0.318. The molecule has 1 aromatic heterocycles. The van der Waals surface area contributed by atoms with Gasteiger partial charge in [-0.25, -0.2) is 4.21 Å². The number of fused-ring (bicyclic) bond motifs is 1. The fourth-order valence-corrected chi connectivity index (χ4v) is 4.15. The summed E-state index contributed by atoms with van der Waals surface area (Å²) in [5.74, 6) is 0.639. The van der Waals surface area contributed by atoms with Gasteiger partial charge in [0.1, 0.15) is 16.2 Å². The number of nitrogens with zero attached hydrogens (tertiary/aromatic N) is 1. The molecule has 2 aromatic carbocycles. The van der Waals surface area contributed by atoms with Crippen LogP contribution in [0.5, 0.6) is 5.75 Å². The average Bonchev–Trinajstić information content (AvgIpc) is 3.46. The summed E-state index contributed by atoms with van der Waals surface area (Å²) >= 11 is 0. The van der Waals surface area contributed by atoms with Crippen molar-refractivity contribution in [3.63, 3.8) is 0 Å². The third-order valence-electron chi connectivity index (χ3n) is 4.95. The zero-order valence-electron chi connectivity index (χ0n) is 16.7. The Bertz CT molecular complexity index is 1090. The van der Waals surface area contributed by atoms with E-state index in [1.165, 1.54) is 0 Å². The van der Waals surface area contributed by atoms with Gasteiger partial charge in [0.25, 0.3) is 5.91 Å². The molecule has 6 nitrogen and oxygen atoms in total. The summed E-state index contributed by atoms with van der Waals surface area (Å²) < 4.78 is 26.8. The summed E-state index contributed by atoms with van der Waals surface area (Å²) in [5, 5.41) is 0.817. The molecule has 3 aromatic rings. The van der Waals surface area contributed by atoms with E-state index in [0.717, 1.165) is 29.5 Å². The van der Waals surface area contributed by atoms with Crippen molar-refractivity contribution in [2.75, 3.05) is 25.6 Å². The molecular weight excluding hydrogens is 388 g/mol. The van der Waals surface area contributed by atoms with Crippen molar-refractivity contribution in [3.8, 4) is 5.75 Å². The van der Waals surface area contributed by atoms with E-state index in [-0.39, 0.29) is 5.76 Å². The third-order valence-corrected chi connectivity index (χ3v) is 6.03. The number of rotatable bonds is 7. The van der Waals surface area contributed by atoms with Crippen LogP contribution >= 0.6 is 0 Å². The van der Waals surface area contributed by atoms with Crippen LogP contribution in [0.25, 0.3) is 11.0 Å². The van der Waals surface area contributed by atoms with Gasteiger partial charge in [-0.05, 0) is 61.6 Å². The Morgan fingerprint density at radius 3 is 2.69 bits per heavy atom. The first kappa shape index (κ1) is 19.5. The number of anilines is 1. The predicted molar refractivity (Wildman–Crippen MR) is 114 cm³/mol. The molecule has 1 unspecified atom stereocenters. The number of nitrogens with one attached hydrogen (secondary N) is 1. The molecule has 1 atom stereocenters. The maximum atomic E-state index is 12.9. The SMILES string of the molecule is CCOc1ccc(C2CC2)cc1S(=O)NC(=O)c1cc2ccc(N(C)C)cc2o1. The highest BCUT2D eigenvalue weighted by molar-refractivity contribution is 7.83. The van der Waals surface area contributed by atoms with Gasteiger partial charge in [0, 0.05) is 31.2 Å². The first-order valence-corrected chi connectivity index (χ1v) is 10.8. The second-order valence-electron chi connectivity index (χ2n) is 7.34. The Hall–Kier alpha value is -2.80. The van der Waals surface area contributed by atoms with E-state index in [0.29, 0.717) is 28.8 Å². The van der Waals surface area contributed by atoms with Gasteiger partial charge in [0.2, 0.25) is 0 Å². The van der Waals surface area contributed by atoms with Gasteiger partial charge in [-0.1, -0.05) is 6.07 Å². The second-order valence-corrected chi connectivity index (χ2v) is 8.52. The normalized spacial score (nSPS) is 14.6. The molecule has 152 valence electrons. The van der Waals surface area contributed by atoms with Crippen molar-refractivity contribution in [1.82, 2.24) is 4.72 Å². The third kappa shape index (κ3) is 4.15. The van der Waals surface area contributed by atoms with Crippen molar-refractivity contribution in [1.29, 1.82) is 0 Å². The summed E-state index contributed by atoms with van der Waals surface area (Å²) in [6.07, 6.45) is 2.28. The zero-order chi connectivity index (χ0) is 20.5. The Morgan fingerprint density at radius 1 is 1.21 bits per heavy atom. The molecular formula is C22H24N2O4S. The summed E-state index contributed by atoms with van der Waals surface area (Å²) in [4.78, 5) is 15.1. The number of amides is 1. The van der Waals surface area contributed by atoms with E-state index in [1.807, 2.05) is 62.3 Å². The van der Waals surface area contributed by atoms with Gasteiger partial charge < -0.3 is 14.1 Å². The highest BCUT2D eigenvalue weighted by Crippen LogP contribution is 2.41. The molecule has 0 aliphatic heterocycles. The molecule has 4 rings (SSSR count). The van der Waals surface area contributed by atoms with Gasteiger partial charge in [-0.3, -0.25) is 9.52 Å². The summed E-state index contributed by atoms with van der Waals surface area (Å²) in [7, 11) is 2.12. The second kappa shape index (κ2) is 7.91. The quantitative estimate of drug-likeness (QED) is 0.629. The van der Waals surface area contributed by atoms with Crippen molar-refractivity contribution >= 4 is 33.5 Å². The molecule has 0 spiro atoms. The van der Waals surface area contributed by atoms with E-state index in [2.05, 4.69) is 4.72 Å². The maximum Gasteiger partial charge on any atom is 0.298 e. The van der Waals surface area contributed by atoms with Crippen LogP contribution in [0.3, 0.4) is 0 Å². The van der Waals surface area contributed by atoms with Crippen molar-refractivity contribution in [2.24, 2.45) is 0 Å². The van der Waals surface area contributed by atoms with Gasteiger partial charge >= 0.3 is 0 Å². The minimum atomic E-state index is -1.75. The number of hydrogen-bond acceptors (Lipinski definition) is 5. The minimum absolute atomic E-state index is 0.126. The molecule has 1 fully saturated rings. The summed E-state index contributed by atoms with van der Waals surface area (Å²) in [5.41, 5.74) is 2.71. The van der Waals surface area contributed by atoms with Crippen LogP contribution in [0.2, 0.25) is 0 Å². The summed E-state index contributed by atoms with van der Waals surface area (Å²) in [6.45, 7) is 2.33. The van der Waals surface area contributed by atoms with E-state index >= 15 is 0 Å². The summed E-state index contributed by atoms with van der Waals surface area (Å²) in [6, 6.07) is 13.1. The number of benzene rings is 2. The molecule has 1 saturated carbocycles. The number of ether oxygens (including phenoxy) is 1. The van der Waals surface area contributed by atoms with Gasteiger partial charge in [-0.15, -0.1) is 0 Å². The monoisotopic (exact) mass is 412 g/mol. The Balaban J connectivity index is 1.57. The lowest BCUT2D eigenvalue weighted by atomic mass is 10.1. The molecule has 1 N–H and O–H groups in total. The smallest absolute Gasteiger partial charge is 0.298 e. The fourth-order valence-electron chi connectivity index (χ4n) is 3.21. The van der Waals surface area contributed by atoms with Crippen LogP contribution in [0, 0.1) is 0 Å². The molecule has 1 amide bonds. The molecule has 0 saturated heterocycles. The lowest BCUT2D eigenvalue weighted by Gasteiger charge is -2.12. The van der Waals surface area contributed by atoms with Crippen LogP contribution in [0.1, 0.15) is 41.8 Å². The maximum absolute atomic E-state index is 12.9. The molecule has 29 heavy (non-hydrogen) atoms. The van der Waals surface area contributed by atoms with E-state index < -0.39 is 16.9 Å². The topological polar surface area (TPSA) is 71.8 Å². The Labute approximate surface area is 172 Å². The zero-order valence-corrected chi connectivity index (χ0v) is 17.5. The number of carbonyl (C=O) groups is 1. The molecule has 0 radical (unpaired) electrons. The molecule has 1 aliphatic carbocycles. The lowest BCUT2D eigenvalue weighted by Crippen LogP contribution is -2.25.